The van der Waals surface area contributed by atoms with Gasteiger partial charge in [-0.3, -0.25) is 13.9 Å². The SMILES string of the molecule is Cc1ccc(S(=O)(=O)N(CC(=O)N(Cc2c(Cl)cccc2Cl)[C@H](C)C(=O)NC(C)(C)C)c2ccc(Cl)c(C(F)(F)F)c2)cc1. The van der Waals surface area contributed by atoms with Gasteiger partial charge >= 0.3 is 6.18 Å². The Labute approximate surface area is 269 Å². The van der Waals surface area contributed by atoms with Crippen molar-refractivity contribution in [3.8, 4) is 0 Å². The number of aryl methyl sites for hydroxylation is 1. The highest BCUT2D eigenvalue weighted by Crippen LogP contribution is 2.38. The zero-order valence-electron chi connectivity index (χ0n) is 24.5. The molecule has 3 aromatic rings. The van der Waals surface area contributed by atoms with Crippen LogP contribution in [0.15, 0.2) is 65.6 Å². The molecule has 7 nitrogen and oxygen atoms in total. The van der Waals surface area contributed by atoms with Crippen LogP contribution < -0.4 is 9.62 Å². The maximum Gasteiger partial charge on any atom is 0.417 e. The average Bonchev–Trinajstić information content (AvgIpc) is 2.90. The van der Waals surface area contributed by atoms with Gasteiger partial charge in [0.05, 0.1) is 21.2 Å². The third kappa shape index (κ3) is 8.59. The van der Waals surface area contributed by atoms with E-state index in [-0.39, 0.29) is 21.5 Å². The Morgan fingerprint density at radius 2 is 1.48 bits per heavy atom. The van der Waals surface area contributed by atoms with Crippen molar-refractivity contribution in [3.05, 3.63) is 92.4 Å². The summed E-state index contributed by atoms with van der Waals surface area (Å²) in [5.41, 5.74) is -1.40. The van der Waals surface area contributed by atoms with Crippen molar-refractivity contribution in [2.45, 2.75) is 63.8 Å². The monoisotopic (exact) mass is 691 g/mol. The first-order chi connectivity index (χ1) is 20.2. The van der Waals surface area contributed by atoms with Crippen LogP contribution in [0.2, 0.25) is 15.1 Å². The van der Waals surface area contributed by atoms with E-state index in [0.29, 0.717) is 15.9 Å². The molecule has 1 N–H and O–H groups in total. The van der Waals surface area contributed by atoms with Gasteiger partial charge in [0, 0.05) is 27.7 Å². The lowest BCUT2D eigenvalue weighted by molar-refractivity contribution is -0.140. The van der Waals surface area contributed by atoms with Crippen LogP contribution in [0.5, 0.6) is 0 Å². The molecule has 0 fully saturated rings. The summed E-state index contributed by atoms with van der Waals surface area (Å²) in [4.78, 5) is 28.1. The number of rotatable bonds is 9. The predicted molar refractivity (Wildman–Crippen MR) is 167 cm³/mol. The highest BCUT2D eigenvalue weighted by Gasteiger charge is 2.37. The van der Waals surface area contributed by atoms with Crippen molar-refractivity contribution in [1.29, 1.82) is 0 Å². The van der Waals surface area contributed by atoms with Crippen LogP contribution in [0.25, 0.3) is 0 Å². The zero-order valence-corrected chi connectivity index (χ0v) is 27.6. The fourth-order valence-electron chi connectivity index (χ4n) is 4.16. The van der Waals surface area contributed by atoms with Crippen molar-refractivity contribution in [3.63, 3.8) is 0 Å². The lowest BCUT2D eigenvalue weighted by atomic mass is 10.1. The molecule has 0 aromatic heterocycles. The van der Waals surface area contributed by atoms with Crippen LogP contribution in [0, 0.1) is 6.92 Å². The summed E-state index contributed by atoms with van der Waals surface area (Å²) < 4.78 is 69.8. The molecule has 1 atom stereocenters. The molecule has 14 heteroatoms. The van der Waals surface area contributed by atoms with Crippen molar-refractivity contribution in [1.82, 2.24) is 10.2 Å². The predicted octanol–water partition coefficient (Wildman–Crippen LogP) is 7.50. The van der Waals surface area contributed by atoms with Gasteiger partial charge in [0.15, 0.2) is 0 Å². The van der Waals surface area contributed by atoms with E-state index in [1.807, 2.05) is 0 Å². The molecule has 0 bridgehead atoms. The number of alkyl halides is 3. The molecule has 0 saturated heterocycles. The van der Waals surface area contributed by atoms with Crippen LogP contribution in [-0.4, -0.2) is 43.3 Å². The molecule has 0 aliphatic carbocycles. The summed E-state index contributed by atoms with van der Waals surface area (Å²) in [6, 6.07) is 11.6. The van der Waals surface area contributed by atoms with E-state index in [1.165, 1.54) is 43.3 Å². The number of hydrogen-bond acceptors (Lipinski definition) is 4. The highest BCUT2D eigenvalue weighted by atomic mass is 35.5. The minimum absolute atomic E-state index is 0.190. The number of hydrogen-bond donors (Lipinski definition) is 1. The molecule has 0 radical (unpaired) electrons. The van der Waals surface area contributed by atoms with Crippen LogP contribution in [-0.2, 0) is 32.3 Å². The Morgan fingerprint density at radius 3 is 2.00 bits per heavy atom. The van der Waals surface area contributed by atoms with Crippen LogP contribution >= 0.6 is 34.8 Å². The van der Waals surface area contributed by atoms with Gasteiger partial charge in [-0.25, -0.2) is 8.42 Å². The first-order valence-corrected chi connectivity index (χ1v) is 15.8. The number of nitrogens with zero attached hydrogens (tertiary/aromatic N) is 2. The molecule has 0 aliphatic rings. The number of benzene rings is 3. The standard InChI is InChI=1S/C30H31Cl3F3N3O4S/c1-18-9-12-21(13-10-18)44(42,43)39(20-11-14-26(33)23(15-20)30(34,35)36)17-27(40)38(19(2)28(41)37-29(3,4)5)16-22-24(31)7-6-8-25(22)32/h6-15,19H,16-17H2,1-5H3,(H,37,41)/t19-/m1/s1. The maximum atomic E-state index is 14.1. The van der Waals surface area contributed by atoms with Crippen molar-refractivity contribution >= 4 is 62.3 Å². The maximum absolute atomic E-state index is 14.1. The fourth-order valence-corrected chi connectivity index (χ4v) is 6.31. The summed E-state index contributed by atoms with van der Waals surface area (Å²) in [5, 5.41) is 2.51. The lowest BCUT2D eigenvalue weighted by Crippen LogP contribution is -2.54. The number of carbonyl (C=O) groups is 2. The van der Waals surface area contributed by atoms with Crippen LogP contribution in [0.4, 0.5) is 18.9 Å². The number of sulfonamides is 1. The van der Waals surface area contributed by atoms with Gasteiger partial charge in [0.2, 0.25) is 11.8 Å². The topological polar surface area (TPSA) is 86.8 Å². The summed E-state index contributed by atoms with van der Waals surface area (Å²) >= 11 is 18.5. The average molecular weight is 693 g/mol. The second kappa shape index (κ2) is 13.6. The molecule has 0 aliphatic heterocycles. The van der Waals surface area contributed by atoms with E-state index < -0.39 is 62.4 Å². The van der Waals surface area contributed by atoms with Crippen molar-refractivity contribution in [2.75, 3.05) is 10.8 Å². The number of nitrogens with one attached hydrogen (secondary N) is 1. The molecule has 0 spiro atoms. The van der Waals surface area contributed by atoms with E-state index in [9.17, 15) is 31.2 Å². The molecular weight excluding hydrogens is 662 g/mol. The van der Waals surface area contributed by atoms with Crippen LogP contribution in [0.3, 0.4) is 0 Å². The first kappa shape index (κ1) is 35.5. The molecule has 44 heavy (non-hydrogen) atoms. The molecule has 0 heterocycles. The molecule has 0 unspecified atom stereocenters. The van der Waals surface area contributed by atoms with E-state index >= 15 is 0 Å². The van der Waals surface area contributed by atoms with Crippen LogP contribution in [0.1, 0.15) is 44.4 Å². The minimum Gasteiger partial charge on any atom is -0.350 e. The first-order valence-electron chi connectivity index (χ1n) is 13.2. The van der Waals surface area contributed by atoms with Gasteiger partial charge in [0.1, 0.15) is 12.6 Å². The Hall–Kier alpha value is -2.99. The van der Waals surface area contributed by atoms with Gasteiger partial charge in [-0.1, -0.05) is 58.6 Å². The number of halogens is 6. The molecular formula is C30H31Cl3F3N3O4S. The number of amides is 2. The highest BCUT2D eigenvalue weighted by molar-refractivity contribution is 7.92. The Morgan fingerprint density at radius 1 is 0.909 bits per heavy atom. The van der Waals surface area contributed by atoms with Gasteiger partial charge in [-0.15, -0.1) is 0 Å². The second-order valence-electron chi connectivity index (χ2n) is 11.1. The van der Waals surface area contributed by atoms with E-state index in [2.05, 4.69) is 5.32 Å². The van der Waals surface area contributed by atoms with Gasteiger partial charge in [-0.05, 0) is 77.1 Å². The van der Waals surface area contributed by atoms with Gasteiger partial charge in [-0.2, -0.15) is 13.2 Å². The second-order valence-corrected chi connectivity index (χ2v) is 14.2. The molecule has 238 valence electrons. The lowest BCUT2D eigenvalue weighted by Gasteiger charge is -2.34. The molecule has 2 amide bonds. The summed E-state index contributed by atoms with van der Waals surface area (Å²) in [6.45, 7) is 7.12. The number of anilines is 1. The quantitative estimate of drug-likeness (QED) is 0.252. The van der Waals surface area contributed by atoms with Crippen molar-refractivity contribution < 1.29 is 31.2 Å². The summed E-state index contributed by atoms with van der Waals surface area (Å²) in [6.07, 6.45) is -4.91. The largest absolute Gasteiger partial charge is 0.417 e. The summed E-state index contributed by atoms with van der Waals surface area (Å²) in [7, 11) is -4.62. The fraction of sp³-hybridized carbons (Fsp3) is 0.333. The number of carbonyl (C=O) groups excluding carboxylic acids is 2. The summed E-state index contributed by atoms with van der Waals surface area (Å²) in [5.74, 6) is -1.47. The smallest absolute Gasteiger partial charge is 0.350 e. The minimum atomic E-state index is -4.91. The zero-order chi connectivity index (χ0) is 33.2. The molecule has 3 rings (SSSR count). The molecule has 0 saturated carbocycles. The Balaban J connectivity index is 2.17. The van der Waals surface area contributed by atoms with Gasteiger partial charge < -0.3 is 10.2 Å². The third-order valence-electron chi connectivity index (χ3n) is 6.49. The van der Waals surface area contributed by atoms with Crippen molar-refractivity contribution in [2.24, 2.45) is 0 Å². The van der Waals surface area contributed by atoms with E-state index in [1.54, 1.807) is 33.8 Å². The molecule has 3 aromatic carbocycles. The van der Waals surface area contributed by atoms with Gasteiger partial charge in [0.25, 0.3) is 10.0 Å². The third-order valence-corrected chi connectivity index (χ3v) is 9.31. The van der Waals surface area contributed by atoms with E-state index in [4.69, 9.17) is 34.8 Å². The van der Waals surface area contributed by atoms with E-state index in [0.717, 1.165) is 22.6 Å². The Bertz CT molecular complexity index is 1620. The normalized spacial score (nSPS) is 12.9. The Kier molecular flexibility index (Phi) is 10.9.